The molecule has 1 N–H and O–H groups in total. The first-order chi connectivity index (χ1) is 19.4. The zero-order valence-electron chi connectivity index (χ0n) is 23.0. The first kappa shape index (κ1) is 30.4. The van der Waals surface area contributed by atoms with Crippen molar-refractivity contribution in [1.82, 2.24) is 9.29 Å². The molecule has 0 atom stereocenters. The third-order valence-electron chi connectivity index (χ3n) is 5.81. The molecule has 0 fully saturated rings. The van der Waals surface area contributed by atoms with E-state index >= 15 is 0 Å². The average molecular weight is 612 g/mol. The van der Waals surface area contributed by atoms with Crippen LogP contribution in [0.1, 0.15) is 54.1 Å². The van der Waals surface area contributed by atoms with Crippen LogP contribution in [0.4, 0.5) is 0 Å². The molecule has 0 unspecified atom stereocenters. The topological polar surface area (TPSA) is 107 Å². The number of thiazole rings is 1. The standard InChI is InChI=1S/C30H30ClN3O5S2/c1-5-39-28(36)25-19-40-29(32-27(35)23-11-6-8-12-24(23)31)34(25)18-20-14-16-21(17-15-20)22-10-7-9-13-26(22)41(37,38)33-30(2,3)4/h6-17,19,33H,5,18H2,1-4H3. The predicted molar refractivity (Wildman–Crippen MR) is 161 cm³/mol. The highest BCUT2D eigenvalue weighted by molar-refractivity contribution is 7.89. The number of esters is 1. The van der Waals surface area contributed by atoms with Crippen molar-refractivity contribution in [3.63, 3.8) is 0 Å². The van der Waals surface area contributed by atoms with E-state index in [0.29, 0.717) is 15.9 Å². The summed E-state index contributed by atoms with van der Waals surface area (Å²) < 4.78 is 35.8. The Balaban J connectivity index is 1.70. The van der Waals surface area contributed by atoms with Gasteiger partial charge in [-0.15, -0.1) is 11.3 Å². The number of sulfonamides is 1. The molecule has 1 heterocycles. The molecule has 0 aliphatic carbocycles. The molecule has 0 bridgehead atoms. The van der Waals surface area contributed by atoms with Crippen LogP contribution in [0.3, 0.4) is 0 Å². The zero-order valence-corrected chi connectivity index (χ0v) is 25.4. The SMILES string of the molecule is CCOC(=O)c1csc(=NC(=O)c2ccccc2Cl)n1Cc1ccc(-c2ccccc2S(=O)(=O)NC(C)(C)C)cc1. The number of benzene rings is 3. The van der Waals surface area contributed by atoms with Crippen LogP contribution in [0.2, 0.25) is 5.02 Å². The fourth-order valence-corrected chi connectivity index (χ4v) is 6.83. The zero-order chi connectivity index (χ0) is 29.8. The van der Waals surface area contributed by atoms with Crippen molar-refractivity contribution in [2.75, 3.05) is 6.61 Å². The summed E-state index contributed by atoms with van der Waals surface area (Å²) in [4.78, 5) is 30.4. The van der Waals surface area contributed by atoms with E-state index < -0.39 is 27.4 Å². The first-order valence-electron chi connectivity index (χ1n) is 12.8. The Hall–Kier alpha value is -3.57. The highest BCUT2D eigenvalue weighted by atomic mass is 35.5. The van der Waals surface area contributed by atoms with Crippen LogP contribution >= 0.6 is 22.9 Å². The second-order valence-corrected chi connectivity index (χ2v) is 13.1. The van der Waals surface area contributed by atoms with Crippen molar-refractivity contribution in [1.29, 1.82) is 0 Å². The van der Waals surface area contributed by atoms with Crippen LogP contribution in [0.25, 0.3) is 11.1 Å². The highest BCUT2D eigenvalue weighted by Gasteiger charge is 2.25. The fraction of sp³-hybridized carbons (Fsp3) is 0.233. The molecule has 1 amide bonds. The van der Waals surface area contributed by atoms with Crippen molar-refractivity contribution in [3.05, 3.63) is 105 Å². The van der Waals surface area contributed by atoms with Crippen LogP contribution in [0.15, 0.2) is 88.1 Å². The van der Waals surface area contributed by atoms with Crippen LogP contribution in [0.5, 0.6) is 0 Å². The number of aromatic nitrogens is 1. The van der Waals surface area contributed by atoms with Crippen LogP contribution in [-0.2, 0) is 21.3 Å². The number of ether oxygens (including phenoxy) is 1. The second kappa shape index (κ2) is 12.5. The number of amides is 1. The number of hydrogen-bond donors (Lipinski definition) is 1. The maximum Gasteiger partial charge on any atom is 0.355 e. The van der Waals surface area contributed by atoms with Gasteiger partial charge in [0.15, 0.2) is 4.80 Å². The van der Waals surface area contributed by atoms with Crippen molar-refractivity contribution >= 4 is 44.8 Å². The summed E-state index contributed by atoms with van der Waals surface area (Å²) in [5.74, 6) is -1.06. The monoisotopic (exact) mass is 611 g/mol. The molecule has 0 spiro atoms. The third kappa shape index (κ3) is 7.39. The van der Waals surface area contributed by atoms with Gasteiger partial charge < -0.3 is 9.30 Å². The molecule has 8 nitrogen and oxygen atoms in total. The van der Waals surface area contributed by atoms with Crippen LogP contribution in [-0.4, -0.2) is 37.0 Å². The van der Waals surface area contributed by atoms with E-state index in [2.05, 4.69) is 9.71 Å². The second-order valence-electron chi connectivity index (χ2n) is 10.2. The van der Waals surface area contributed by atoms with Gasteiger partial charge in [0.05, 0.1) is 28.6 Å². The molecule has 0 aliphatic heterocycles. The molecule has 3 aromatic carbocycles. The molecular formula is C30H30ClN3O5S2. The largest absolute Gasteiger partial charge is 0.461 e. The van der Waals surface area contributed by atoms with Gasteiger partial charge in [0.1, 0.15) is 5.69 Å². The summed E-state index contributed by atoms with van der Waals surface area (Å²) in [5.41, 5.74) is 1.95. The Morgan fingerprint density at radius 2 is 1.66 bits per heavy atom. The van der Waals surface area contributed by atoms with E-state index in [1.54, 1.807) is 86.2 Å². The molecule has 0 aliphatic rings. The van der Waals surface area contributed by atoms with Gasteiger partial charge in [0.25, 0.3) is 5.91 Å². The minimum absolute atomic E-state index is 0.179. The molecule has 0 radical (unpaired) electrons. The molecule has 1 aromatic heterocycles. The highest BCUT2D eigenvalue weighted by Crippen LogP contribution is 2.28. The van der Waals surface area contributed by atoms with Crippen molar-refractivity contribution in [2.24, 2.45) is 4.99 Å². The van der Waals surface area contributed by atoms with E-state index in [-0.39, 0.29) is 34.3 Å². The van der Waals surface area contributed by atoms with Gasteiger partial charge in [0, 0.05) is 16.5 Å². The lowest BCUT2D eigenvalue weighted by Gasteiger charge is -2.21. The Morgan fingerprint density at radius 1 is 1.00 bits per heavy atom. The number of halogens is 1. The minimum Gasteiger partial charge on any atom is -0.461 e. The Kier molecular flexibility index (Phi) is 9.28. The lowest BCUT2D eigenvalue weighted by Crippen LogP contribution is -2.40. The Morgan fingerprint density at radius 3 is 2.32 bits per heavy atom. The predicted octanol–water partition coefficient (Wildman–Crippen LogP) is 5.91. The lowest BCUT2D eigenvalue weighted by atomic mass is 10.0. The van der Waals surface area contributed by atoms with Gasteiger partial charge in [-0.2, -0.15) is 4.99 Å². The lowest BCUT2D eigenvalue weighted by molar-refractivity contribution is 0.0513. The summed E-state index contributed by atoms with van der Waals surface area (Å²) in [6.45, 7) is 7.50. The molecule has 4 aromatic rings. The van der Waals surface area contributed by atoms with Gasteiger partial charge in [-0.1, -0.05) is 66.2 Å². The summed E-state index contributed by atoms with van der Waals surface area (Å²) >= 11 is 7.33. The summed E-state index contributed by atoms with van der Waals surface area (Å²) in [6.07, 6.45) is 0. The number of rotatable bonds is 8. The van der Waals surface area contributed by atoms with Gasteiger partial charge >= 0.3 is 5.97 Å². The first-order valence-corrected chi connectivity index (χ1v) is 15.5. The number of carbonyl (C=O) groups excluding carboxylic acids is 2. The molecule has 4 rings (SSSR count). The van der Waals surface area contributed by atoms with E-state index in [4.69, 9.17) is 16.3 Å². The Labute approximate surface area is 248 Å². The maximum atomic E-state index is 13.1. The third-order valence-corrected chi connectivity index (χ3v) is 8.82. The van der Waals surface area contributed by atoms with Crippen molar-refractivity contribution in [2.45, 2.75) is 44.7 Å². The molecule has 11 heteroatoms. The van der Waals surface area contributed by atoms with Crippen molar-refractivity contribution in [3.8, 4) is 11.1 Å². The molecular weight excluding hydrogens is 582 g/mol. The van der Waals surface area contributed by atoms with E-state index in [0.717, 1.165) is 16.9 Å². The van der Waals surface area contributed by atoms with E-state index in [1.807, 2.05) is 24.3 Å². The van der Waals surface area contributed by atoms with Crippen LogP contribution in [0, 0.1) is 0 Å². The number of nitrogens with one attached hydrogen (secondary N) is 1. The smallest absolute Gasteiger partial charge is 0.355 e. The normalized spacial score (nSPS) is 12.4. The molecule has 0 saturated heterocycles. The van der Waals surface area contributed by atoms with Crippen LogP contribution < -0.4 is 9.52 Å². The average Bonchev–Trinajstić information content (AvgIpc) is 3.30. The van der Waals surface area contributed by atoms with E-state index in [9.17, 15) is 18.0 Å². The Bertz CT molecular complexity index is 1750. The van der Waals surface area contributed by atoms with Gasteiger partial charge in [0.2, 0.25) is 10.0 Å². The molecule has 41 heavy (non-hydrogen) atoms. The minimum atomic E-state index is -3.77. The quantitative estimate of drug-likeness (QED) is 0.249. The van der Waals surface area contributed by atoms with E-state index in [1.165, 1.54) is 0 Å². The maximum absolute atomic E-state index is 13.1. The summed E-state index contributed by atoms with van der Waals surface area (Å²) in [7, 11) is -3.77. The fourth-order valence-electron chi connectivity index (χ4n) is 4.09. The van der Waals surface area contributed by atoms with Gasteiger partial charge in [-0.25, -0.2) is 17.9 Å². The molecule has 0 saturated carbocycles. The number of hydrogen-bond acceptors (Lipinski definition) is 6. The van der Waals surface area contributed by atoms with Gasteiger partial charge in [-0.05, 0) is 57.0 Å². The van der Waals surface area contributed by atoms with Crippen molar-refractivity contribution < 1.29 is 22.7 Å². The summed E-state index contributed by atoms with van der Waals surface area (Å²) in [5, 5.41) is 1.89. The number of nitrogens with zero attached hydrogens (tertiary/aromatic N) is 2. The summed E-state index contributed by atoms with van der Waals surface area (Å²) in [6, 6.07) is 20.8. The molecule has 214 valence electrons. The van der Waals surface area contributed by atoms with Gasteiger partial charge in [-0.3, -0.25) is 4.79 Å². The number of carbonyl (C=O) groups is 2.